The Hall–Kier alpha value is -3.34. The zero-order chi connectivity index (χ0) is 21.7. The van der Waals surface area contributed by atoms with E-state index in [0.29, 0.717) is 12.1 Å². The van der Waals surface area contributed by atoms with Crippen molar-refractivity contribution >= 4 is 24.6 Å². The molecule has 5 nitrogen and oxygen atoms in total. The summed E-state index contributed by atoms with van der Waals surface area (Å²) in [4.78, 5) is 11.0. The second kappa shape index (κ2) is 9.44. The van der Waals surface area contributed by atoms with E-state index in [9.17, 15) is 4.79 Å². The van der Waals surface area contributed by atoms with Crippen molar-refractivity contribution in [2.45, 2.75) is 45.1 Å². The van der Waals surface area contributed by atoms with Crippen LogP contribution >= 0.6 is 0 Å². The highest BCUT2D eigenvalue weighted by Gasteiger charge is 2.26. The molecule has 1 heterocycles. The number of rotatable bonds is 8. The fourth-order valence-electron chi connectivity index (χ4n) is 4.08. The molecule has 0 radical (unpaired) electrons. The summed E-state index contributed by atoms with van der Waals surface area (Å²) in [5.74, 6) is -0.250. The second-order valence-electron chi connectivity index (χ2n) is 7.84. The average molecular weight is 404 g/mol. The molecule has 0 fully saturated rings. The number of fused-ring (bicyclic) bond motifs is 1. The Morgan fingerprint density at radius 1 is 1.10 bits per heavy atom. The summed E-state index contributed by atoms with van der Waals surface area (Å²) in [6, 6.07) is 10.2. The molecule has 6 N–H and O–H groups in total. The molecule has 0 saturated carbocycles. The smallest absolute Gasteiger partial charge is 0.220 e. The topological polar surface area (TPSA) is 99.0 Å². The van der Waals surface area contributed by atoms with E-state index in [1.165, 1.54) is 5.56 Å². The van der Waals surface area contributed by atoms with Gasteiger partial charge in [0.25, 0.3) is 0 Å². The van der Waals surface area contributed by atoms with Gasteiger partial charge >= 0.3 is 0 Å². The summed E-state index contributed by atoms with van der Waals surface area (Å²) >= 11 is 0. The summed E-state index contributed by atoms with van der Waals surface area (Å²) in [5, 5.41) is 1.97. The third kappa shape index (κ3) is 4.79. The number of primary amides is 1. The van der Waals surface area contributed by atoms with Crippen LogP contribution in [0.25, 0.3) is 30.0 Å². The molecule has 3 rings (SSSR count). The maximum Gasteiger partial charge on any atom is 0.220 e. The molecular formula is C25H31N4O+. The summed E-state index contributed by atoms with van der Waals surface area (Å²) in [6.45, 7) is 9.10. The van der Waals surface area contributed by atoms with Crippen LogP contribution in [0.15, 0.2) is 48.3 Å². The molecule has 1 aromatic carbocycles. The van der Waals surface area contributed by atoms with Crippen LogP contribution in [0.2, 0.25) is 0 Å². The number of nitrogens with zero attached hydrogens (tertiary/aromatic N) is 1. The van der Waals surface area contributed by atoms with Gasteiger partial charge in [0.05, 0.1) is 5.22 Å². The lowest BCUT2D eigenvalue weighted by molar-refractivity contribution is -0.689. The van der Waals surface area contributed by atoms with Crippen molar-refractivity contribution in [3.63, 3.8) is 0 Å². The summed E-state index contributed by atoms with van der Waals surface area (Å²) in [6.07, 6.45) is 8.73. The molecule has 1 aliphatic carbocycles. The van der Waals surface area contributed by atoms with Gasteiger partial charge in [-0.1, -0.05) is 31.4 Å². The Kier molecular flexibility index (Phi) is 6.72. The van der Waals surface area contributed by atoms with Crippen molar-refractivity contribution in [1.82, 2.24) is 0 Å². The Morgan fingerprint density at radius 3 is 2.50 bits per heavy atom. The van der Waals surface area contributed by atoms with E-state index in [1.54, 1.807) is 0 Å². The minimum Gasteiger partial charge on any atom is -0.402 e. The predicted octanol–water partition coefficient (Wildman–Crippen LogP) is 1.60. The van der Waals surface area contributed by atoms with Crippen LogP contribution in [-0.4, -0.2) is 5.91 Å². The highest BCUT2D eigenvalue weighted by Crippen LogP contribution is 2.19. The average Bonchev–Trinajstić information content (AvgIpc) is 2.70. The lowest BCUT2D eigenvalue weighted by Crippen LogP contribution is -2.51. The molecular weight excluding hydrogens is 372 g/mol. The first-order valence-corrected chi connectivity index (χ1v) is 10.4. The molecule has 5 heteroatoms. The molecule has 0 saturated heterocycles. The van der Waals surface area contributed by atoms with Gasteiger partial charge in [-0.2, -0.15) is 4.57 Å². The van der Waals surface area contributed by atoms with Gasteiger partial charge in [0, 0.05) is 41.4 Å². The molecule has 156 valence electrons. The highest BCUT2D eigenvalue weighted by atomic mass is 16.1. The first-order valence-electron chi connectivity index (χ1n) is 10.4. The van der Waals surface area contributed by atoms with E-state index in [2.05, 4.69) is 35.9 Å². The Bertz CT molecular complexity index is 1100. The van der Waals surface area contributed by atoms with Gasteiger partial charge in [-0.25, -0.2) is 0 Å². The van der Waals surface area contributed by atoms with E-state index in [4.69, 9.17) is 17.2 Å². The summed E-state index contributed by atoms with van der Waals surface area (Å²) in [7, 11) is 0. The van der Waals surface area contributed by atoms with E-state index < -0.39 is 0 Å². The number of unbranched alkanes of at least 4 members (excludes halogenated alkanes) is 2. The molecule has 0 spiro atoms. The number of benzene rings is 1. The minimum atomic E-state index is -0.250. The maximum atomic E-state index is 11.0. The quantitative estimate of drug-likeness (QED) is 0.461. The van der Waals surface area contributed by atoms with Crippen LogP contribution in [0, 0.1) is 0 Å². The molecule has 0 atom stereocenters. The van der Waals surface area contributed by atoms with Crippen LogP contribution in [0.1, 0.15) is 43.4 Å². The van der Waals surface area contributed by atoms with Gasteiger partial charge in [-0.05, 0) is 49.1 Å². The van der Waals surface area contributed by atoms with Crippen LogP contribution in [0.3, 0.4) is 0 Å². The van der Waals surface area contributed by atoms with Gasteiger partial charge in [-0.15, -0.1) is 0 Å². The van der Waals surface area contributed by atoms with Crippen molar-refractivity contribution < 1.29 is 9.36 Å². The van der Waals surface area contributed by atoms with Crippen molar-refractivity contribution in [3.8, 4) is 11.3 Å². The Labute approximate surface area is 177 Å². The van der Waals surface area contributed by atoms with Gasteiger partial charge in [0.15, 0.2) is 0 Å². The fourth-order valence-corrected chi connectivity index (χ4v) is 4.08. The molecule has 1 amide bonds. The summed E-state index contributed by atoms with van der Waals surface area (Å²) < 4.78 is 2.32. The standard InChI is InChI=1S/C25H30N4O/c1-17(26)15-22-18(2)21-13-12-20(27)16-23(21)29(14-8-4-7-11-24(28)30)25(22)19-9-5-3-6-10-19/h3,5-6,9-10,15-16H,1-2,4,7-8,11-14,26-27H2,(H-,28,30)/p+1/b22-15+. The first-order chi connectivity index (χ1) is 14.4. The molecule has 0 aliphatic heterocycles. The Balaban J connectivity index is 2.20. The monoisotopic (exact) mass is 403 g/mol. The molecule has 30 heavy (non-hydrogen) atoms. The van der Waals surface area contributed by atoms with Crippen LogP contribution in [-0.2, 0) is 17.8 Å². The Morgan fingerprint density at radius 2 is 1.83 bits per heavy atom. The molecule has 1 aromatic heterocycles. The zero-order valence-corrected chi connectivity index (χ0v) is 17.5. The second-order valence-corrected chi connectivity index (χ2v) is 7.84. The van der Waals surface area contributed by atoms with Gasteiger partial charge < -0.3 is 17.2 Å². The molecule has 2 aromatic rings. The lowest BCUT2D eigenvalue weighted by Gasteiger charge is -2.17. The number of nitrogens with two attached hydrogens (primary N) is 3. The van der Waals surface area contributed by atoms with Gasteiger partial charge in [0.1, 0.15) is 6.54 Å². The highest BCUT2D eigenvalue weighted by molar-refractivity contribution is 5.73. The number of pyridine rings is 1. The van der Waals surface area contributed by atoms with E-state index >= 15 is 0 Å². The number of carbonyl (C=O) groups excluding carboxylic acids is 1. The van der Waals surface area contributed by atoms with Gasteiger partial charge in [-0.3, -0.25) is 4.79 Å². The minimum absolute atomic E-state index is 0.250. The number of allylic oxidation sites excluding steroid dienone is 2. The van der Waals surface area contributed by atoms with E-state index in [1.807, 2.05) is 24.3 Å². The number of amides is 1. The van der Waals surface area contributed by atoms with Gasteiger partial charge in [0.2, 0.25) is 17.3 Å². The number of hydrogen-bond donors (Lipinski definition) is 3. The fraction of sp³-hybridized carbons (Fsp3) is 0.280. The third-order valence-electron chi connectivity index (χ3n) is 5.48. The van der Waals surface area contributed by atoms with Crippen LogP contribution in [0.5, 0.6) is 0 Å². The van der Waals surface area contributed by atoms with Crippen molar-refractivity contribution in [2.75, 3.05) is 0 Å². The third-order valence-corrected chi connectivity index (χ3v) is 5.48. The summed E-state index contributed by atoms with van der Waals surface area (Å²) in [5.41, 5.74) is 23.3. The van der Waals surface area contributed by atoms with E-state index in [0.717, 1.165) is 71.7 Å². The van der Waals surface area contributed by atoms with Crippen LogP contribution in [0.4, 0.5) is 0 Å². The molecule has 0 bridgehead atoms. The van der Waals surface area contributed by atoms with Crippen molar-refractivity contribution in [1.29, 1.82) is 0 Å². The largest absolute Gasteiger partial charge is 0.402 e. The van der Waals surface area contributed by atoms with E-state index in [-0.39, 0.29) is 5.91 Å². The van der Waals surface area contributed by atoms with Crippen molar-refractivity contribution in [2.24, 2.45) is 17.2 Å². The maximum absolute atomic E-state index is 11.0. The number of hydrogen-bond acceptors (Lipinski definition) is 3. The predicted molar refractivity (Wildman–Crippen MR) is 123 cm³/mol. The zero-order valence-electron chi connectivity index (χ0n) is 17.5. The lowest BCUT2D eigenvalue weighted by atomic mass is 9.93. The molecule has 0 unspecified atom stereocenters. The first kappa shape index (κ1) is 21.4. The normalized spacial score (nSPS) is 13.6. The SMILES string of the molecule is C=C(N)/C=c1/c(-c2ccccc2)[n+](CCCCCC(N)=O)c2c(c1=C)CCC(N)=C2. The van der Waals surface area contributed by atoms with Crippen LogP contribution < -0.4 is 32.2 Å². The van der Waals surface area contributed by atoms with Crippen molar-refractivity contribution in [3.05, 3.63) is 70.0 Å². The molecule has 1 aliphatic rings. The number of aromatic nitrogens is 1. The number of carbonyl (C=O) groups is 1.